The highest BCUT2D eigenvalue weighted by molar-refractivity contribution is 5.69. The molecule has 0 saturated heterocycles. The van der Waals surface area contributed by atoms with Crippen LogP contribution in [0.2, 0.25) is 0 Å². The van der Waals surface area contributed by atoms with Gasteiger partial charge in [-0.25, -0.2) is 0 Å². The molecule has 0 spiro atoms. The van der Waals surface area contributed by atoms with E-state index in [1.165, 1.54) is 11.1 Å². The first kappa shape index (κ1) is 14.9. The van der Waals surface area contributed by atoms with E-state index in [-0.39, 0.29) is 6.54 Å². The number of hydrogen-bond acceptors (Lipinski definition) is 3. The van der Waals surface area contributed by atoms with Crippen LogP contribution in [0.15, 0.2) is 18.2 Å². The van der Waals surface area contributed by atoms with Crippen LogP contribution in [0.3, 0.4) is 0 Å². The lowest BCUT2D eigenvalue weighted by molar-refractivity contribution is -0.138. The van der Waals surface area contributed by atoms with E-state index in [1.54, 1.807) is 0 Å². The maximum atomic E-state index is 10.8. The predicted molar refractivity (Wildman–Crippen MR) is 78.3 cm³/mol. The minimum absolute atomic E-state index is 0.147. The molecule has 1 fully saturated rings. The Labute approximate surface area is 120 Å². The number of aryl methyl sites for hydroxylation is 2. The number of ether oxygens (including phenoxy) is 1. The molecule has 4 nitrogen and oxygen atoms in total. The highest BCUT2D eigenvalue weighted by atomic mass is 16.5. The molecule has 2 rings (SSSR count). The third-order valence-electron chi connectivity index (χ3n) is 3.46. The summed E-state index contributed by atoms with van der Waals surface area (Å²) in [4.78, 5) is 12.8. The van der Waals surface area contributed by atoms with Crippen LogP contribution in [0, 0.1) is 13.8 Å². The summed E-state index contributed by atoms with van der Waals surface area (Å²) in [6.45, 7) is 5.69. The molecule has 1 N–H and O–H groups in total. The van der Waals surface area contributed by atoms with Gasteiger partial charge in [-0.05, 0) is 56.4 Å². The second-order valence-electron chi connectivity index (χ2n) is 5.62. The largest absolute Gasteiger partial charge is 0.494 e. The minimum atomic E-state index is -0.743. The van der Waals surface area contributed by atoms with E-state index in [0.29, 0.717) is 12.6 Å². The summed E-state index contributed by atoms with van der Waals surface area (Å²) in [6, 6.07) is 6.66. The Balaban J connectivity index is 1.73. The quantitative estimate of drug-likeness (QED) is 0.742. The summed E-state index contributed by atoms with van der Waals surface area (Å²) in [6.07, 6.45) is 3.12. The Morgan fingerprint density at radius 1 is 1.30 bits per heavy atom. The van der Waals surface area contributed by atoms with Gasteiger partial charge in [0, 0.05) is 12.6 Å². The van der Waals surface area contributed by atoms with Crippen LogP contribution < -0.4 is 4.74 Å². The topological polar surface area (TPSA) is 49.8 Å². The maximum absolute atomic E-state index is 10.8. The van der Waals surface area contributed by atoms with Gasteiger partial charge in [-0.2, -0.15) is 0 Å². The van der Waals surface area contributed by atoms with E-state index < -0.39 is 5.97 Å². The first-order valence-corrected chi connectivity index (χ1v) is 7.21. The van der Waals surface area contributed by atoms with Crippen molar-refractivity contribution in [2.24, 2.45) is 0 Å². The number of carbonyl (C=O) groups is 1. The van der Waals surface area contributed by atoms with Gasteiger partial charge in [0.25, 0.3) is 0 Å². The number of aliphatic carboxylic acids is 1. The SMILES string of the molecule is Cc1cc(C)cc(OCCCN(CC(=O)O)C2CC2)c1. The van der Waals surface area contributed by atoms with Crippen molar-refractivity contribution in [3.05, 3.63) is 29.3 Å². The Kier molecular flexibility index (Phi) is 5.01. The highest BCUT2D eigenvalue weighted by Crippen LogP contribution is 2.26. The maximum Gasteiger partial charge on any atom is 0.317 e. The molecule has 1 aliphatic carbocycles. The number of hydrogen-bond donors (Lipinski definition) is 1. The first-order valence-electron chi connectivity index (χ1n) is 7.21. The summed E-state index contributed by atoms with van der Waals surface area (Å²) < 4.78 is 5.75. The fourth-order valence-corrected chi connectivity index (χ4v) is 2.48. The fraction of sp³-hybridized carbons (Fsp3) is 0.562. The van der Waals surface area contributed by atoms with Crippen LogP contribution in [0.1, 0.15) is 30.4 Å². The van der Waals surface area contributed by atoms with Crippen molar-refractivity contribution in [1.82, 2.24) is 4.90 Å². The van der Waals surface area contributed by atoms with E-state index in [2.05, 4.69) is 19.9 Å². The number of benzene rings is 1. The summed E-state index contributed by atoms with van der Waals surface area (Å²) in [5.74, 6) is 0.158. The van der Waals surface area contributed by atoms with Gasteiger partial charge in [0.2, 0.25) is 0 Å². The molecule has 0 atom stereocenters. The predicted octanol–water partition coefficient (Wildman–Crippen LogP) is 2.62. The van der Waals surface area contributed by atoms with Crippen LogP contribution in [0.5, 0.6) is 5.75 Å². The Morgan fingerprint density at radius 3 is 2.50 bits per heavy atom. The van der Waals surface area contributed by atoms with Gasteiger partial charge in [-0.3, -0.25) is 9.69 Å². The first-order chi connectivity index (χ1) is 9.54. The summed E-state index contributed by atoms with van der Waals surface area (Å²) >= 11 is 0. The molecule has 0 heterocycles. The number of nitrogens with zero attached hydrogens (tertiary/aromatic N) is 1. The lowest BCUT2D eigenvalue weighted by Gasteiger charge is -2.19. The third kappa shape index (κ3) is 4.85. The standard InChI is InChI=1S/C16H23NO3/c1-12-8-13(2)10-15(9-12)20-7-3-6-17(11-16(18)19)14-4-5-14/h8-10,14H,3-7,11H2,1-2H3,(H,18,19). The van der Waals surface area contributed by atoms with Crippen LogP contribution in [0.25, 0.3) is 0 Å². The van der Waals surface area contributed by atoms with Crippen molar-refractivity contribution >= 4 is 5.97 Å². The van der Waals surface area contributed by atoms with Crippen LogP contribution in [-0.2, 0) is 4.79 Å². The molecule has 0 aliphatic heterocycles. The fourth-order valence-electron chi connectivity index (χ4n) is 2.48. The van der Waals surface area contributed by atoms with Gasteiger partial charge in [0.05, 0.1) is 13.2 Å². The second-order valence-corrected chi connectivity index (χ2v) is 5.62. The van der Waals surface area contributed by atoms with Crippen LogP contribution in [-0.4, -0.2) is 41.7 Å². The Morgan fingerprint density at radius 2 is 1.95 bits per heavy atom. The molecule has 0 unspecified atom stereocenters. The highest BCUT2D eigenvalue weighted by Gasteiger charge is 2.29. The molecule has 110 valence electrons. The molecular formula is C16H23NO3. The molecule has 1 aromatic rings. The van der Waals surface area contributed by atoms with Gasteiger partial charge in [-0.15, -0.1) is 0 Å². The molecule has 0 amide bonds. The number of carboxylic acid groups (broad SMARTS) is 1. The Hall–Kier alpha value is -1.55. The van der Waals surface area contributed by atoms with Crippen molar-refractivity contribution in [3.8, 4) is 5.75 Å². The second kappa shape index (κ2) is 6.75. The van der Waals surface area contributed by atoms with E-state index in [4.69, 9.17) is 9.84 Å². The molecule has 0 radical (unpaired) electrons. The van der Waals surface area contributed by atoms with Gasteiger partial charge in [0.15, 0.2) is 0 Å². The molecule has 1 aliphatic rings. The molecule has 20 heavy (non-hydrogen) atoms. The van der Waals surface area contributed by atoms with E-state index >= 15 is 0 Å². The summed E-state index contributed by atoms with van der Waals surface area (Å²) in [5, 5.41) is 8.88. The molecule has 0 bridgehead atoms. The zero-order chi connectivity index (χ0) is 14.5. The smallest absolute Gasteiger partial charge is 0.317 e. The van der Waals surface area contributed by atoms with Crippen molar-refractivity contribution < 1.29 is 14.6 Å². The number of rotatable bonds is 8. The summed E-state index contributed by atoms with van der Waals surface area (Å²) in [5.41, 5.74) is 2.40. The van der Waals surface area contributed by atoms with Gasteiger partial charge < -0.3 is 9.84 Å². The molecular weight excluding hydrogens is 254 g/mol. The van der Waals surface area contributed by atoms with Gasteiger partial charge in [0.1, 0.15) is 5.75 Å². The van der Waals surface area contributed by atoms with E-state index in [0.717, 1.165) is 31.6 Å². The normalized spacial score (nSPS) is 14.6. The van der Waals surface area contributed by atoms with Crippen LogP contribution in [0.4, 0.5) is 0 Å². The van der Waals surface area contributed by atoms with Crippen molar-refractivity contribution in [3.63, 3.8) is 0 Å². The monoisotopic (exact) mass is 277 g/mol. The van der Waals surface area contributed by atoms with Crippen molar-refractivity contribution in [2.75, 3.05) is 19.7 Å². The van der Waals surface area contributed by atoms with E-state index in [1.807, 2.05) is 17.0 Å². The van der Waals surface area contributed by atoms with Crippen LogP contribution >= 0.6 is 0 Å². The Bertz CT molecular complexity index is 449. The average Bonchev–Trinajstić information content (AvgIpc) is 3.15. The van der Waals surface area contributed by atoms with Crippen molar-refractivity contribution in [1.29, 1.82) is 0 Å². The summed E-state index contributed by atoms with van der Waals surface area (Å²) in [7, 11) is 0. The molecule has 4 heteroatoms. The molecule has 1 saturated carbocycles. The number of carboxylic acids is 1. The van der Waals surface area contributed by atoms with Gasteiger partial charge in [-0.1, -0.05) is 6.07 Å². The van der Waals surface area contributed by atoms with E-state index in [9.17, 15) is 4.79 Å². The van der Waals surface area contributed by atoms with Gasteiger partial charge >= 0.3 is 5.97 Å². The lowest BCUT2D eigenvalue weighted by atomic mass is 10.1. The zero-order valence-corrected chi connectivity index (χ0v) is 12.3. The molecule has 0 aromatic heterocycles. The van der Waals surface area contributed by atoms with Crippen molar-refractivity contribution in [2.45, 2.75) is 39.2 Å². The minimum Gasteiger partial charge on any atom is -0.494 e. The molecule has 1 aromatic carbocycles. The average molecular weight is 277 g/mol. The lowest BCUT2D eigenvalue weighted by Crippen LogP contribution is -2.33. The third-order valence-corrected chi connectivity index (χ3v) is 3.46. The zero-order valence-electron chi connectivity index (χ0n) is 12.3.